The maximum absolute atomic E-state index is 9.14. The second-order valence-electron chi connectivity index (χ2n) is 4.31. The number of fused-ring (bicyclic) bond motifs is 1. The van der Waals surface area contributed by atoms with Crippen molar-refractivity contribution in [1.29, 1.82) is 0 Å². The molecule has 0 radical (unpaired) electrons. The summed E-state index contributed by atoms with van der Waals surface area (Å²) < 4.78 is 1.14. The van der Waals surface area contributed by atoms with Gasteiger partial charge in [0.15, 0.2) is 0 Å². The van der Waals surface area contributed by atoms with Crippen LogP contribution in [-0.2, 0) is 0 Å². The molecule has 1 atom stereocenters. The first-order chi connectivity index (χ1) is 7.79. The van der Waals surface area contributed by atoms with Gasteiger partial charge in [-0.25, -0.2) is 4.98 Å². The Morgan fingerprint density at radius 2 is 2.31 bits per heavy atom. The maximum atomic E-state index is 9.14. The first kappa shape index (κ1) is 10.2. The number of hydrogen-bond donors (Lipinski definition) is 2. The van der Waals surface area contributed by atoms with Crippen LogP contribution in [0, 0.1) is 0 Å². The minimum atomic E-state index is -0.295. The monoisotopic (exact) mass is 234 g/mol. The Bertz CT molecular complexity index is 519. The molecule has 1 saturated carbocycles. The molecule has 1 fully saturated rings. The van der Waals surface area contributed by atoms with Crippen LogP contribution in [0.5, 0.6) is 0 Å². The van der Waals surface area contributed by atoms with Crippen LogP contribution in [0.4, 0.5) is 0 Å². The summed E-state index contributed by atoms with van der Waals surface area (Å²) in [7, 11) is 0. The van der Waals surface area contributed by atoms with E-state index < -0.39 is 0 Å². The molecule has 3 N–H and O–H groups in total. The lowest BCUT2D eigenvalue weighted by Crippen LogP contribution is -2.14. The summed E-state index contributed by atoms with van der Waals surface area (Å²) in [5.74, 6) is 0.676. The number of nitrogens with zero attached hydrogens (tertiary/aromatic N) is 1. The van der Waals surface area contributed by atoms with E-state index in [9.17, 15) is 0 Å². The molecule has 84 valence electrons. The van der Waals surface area contributed by atoms with Gasteiger partial charge in [-0.1, -0.05) is 12.1 Å². The number of aliphatic hydroxyl groups is 1. The lowest BCUT2D eigenvalue weighted by molar-refractivity contribution is 0.268. The molecule has 0 bridgehead atoms. The van der Waals surface area contributed by atoms with Gasteiger partial charge in [0.2, 0.25) is 0 Å². The molecular weight excluding hydrogens is 220 g/mol. The van der Waals surface area contributed by atoms with Crippen molar-refractivity contribution < 1.29 is 5.11 Å². The van der Waals surface area contributed by atoms with Crippen molar-refractivity contribution in [2.45, 2.75) is 24.8 Å². The van der Waals surface area contributed by atoms with E-state index in [1.165, 1.54) is 17.8 Å². The van der Waals surface area contributed by atoms with Crippen LogP contribution in [0.1, 0.15) is 35.4 Å². The molecule has 1 unspecified atom stereocenters. The van der Waals surface area contributed by atoms with Crippen molar-refractivity contribution in [3.63, 3.8) is 0 Å². The van der Waals surface area contributed by atoms with Crippen molar-refractivity contribution in [2.75, 3.05) is 6.61 Å². The van der Waals surface area contributed by atoms with Crippen LogP contribution in [0.15, 0.2) is 18.2 Å². The third kappa shape index (κ3) is 1.63. The largest absolute Gasteiger partial charge is 0.394 e. The molecule has 2 aromatic rings. The number of hydrogen-bond acceptors (Lipinski definition) is 4. The van der Waals surface area contributed by atoms with Crippen LogP contribution >= 0.6 is 11.3 Å². The third-order valence-electron chi connectivity index (χ3n) is 2.98. The zero-order valence-electron chi connectivity index (χ0n) is 8.89. The van der Waals surface area contributed by atoms with Crippen molar-refractivity contribution in [3.05, 3.63) is 28.8 Å². The van der Waals surface area contributed by atoms with E-state index in [0.29, 0.717) is 5.92 Å². The molecule has 1 aromatic carbocycles. The highest BCUT2D eigenvalue weighted by atomic mass is 32.1. The summed E-state index contributed by atoms with van der Waals surface area (Å²) in [5, 5.41) is 10.4. The molecule has 0 aliphatic heterocycles. The molecule has 0 saturated heterocycles. The Labute approximate surface area is 97.9 Å². The van der Waals surface area contributed by atoms with E-state index in [2.05, 4.69) is 4.98 Å². The fourth-order valence-electron chi connectivity index (χ4n) is 1.88. The van der Waals surface area contributed by atoms with Gasteiger partial charge in [0.05, 0.1) is 27.9 Å². The maximum Gasteiger partial charge on any atom is 0.0969 e. The highest BCUT2D eigenvalue weighted by Crippen LogP contribution is 2.44. The second-order valence-corrected chi connectivity index (χ2v) is 5.34. The normalized spacial score (nSPS) is 17.9. The molecule has 1 aromatic heterocycles. The standard InChI is InChI=1S/C12H14N2OS/c13-9(6-15)8-2-1-3-10-11(8)16-12(14-10)7-4-5-7/h1-3,7,9,15H,4-6,13H2. The predicted molar refractivity (Wildman–Crippen MR) is 65.6 cm³/mol. The van der Waals surface area contributed by atoms with E-state index in [-0.39, 0.29) is 12.6 Å². The summed E-state index contributed by atoms with van der Waals surface area (Å²) in [6.07, 6.45) is 2.53. The number of thiazole rings is 1. The Kier molecular flexibility index (Phi) is 2.42. The molecule has 1 heterocycles. The molecule has 1 aliphatic rings. The molecular formula is C12H14N2OS. The van der Waals surface area contributed by atoms with Gasteiger partial charge >= 0.3 is 0 Å². The van der Waals surface area contributed by atoms with Gasteiger partial charge < -0.3 is 10.8 Å². The number of aliphatic hydroxyl groups excluding tert-OH is 1. The van der Waals surface area contributed by atoms with E-state index in [4.69, 9.17) is 10.8 Å². The van der Waals surface area contributed by atoms with E-state index in [1.807, 2.05) is 18.2 Å². The fraction of sp³-hybridized carbons (Fsp3) is 0.417. The van der Waals surface area contributed by atoms with E-state index in [1.54, 1.807) is 11.3 Å². The molecule has 0 spiro atoms. The fourth-order valence-corrected chi connectivity index (χ4v) is 3.19. The van der Waals surface area contributed by atoms with Gasteiger partial charge in [0.25, 0.3) is 0 Å². The van der Waals surface area contributed by atoms with Crippen LogP contribution in [-0.4, -0.2) is 16.7 Å². The lowest BCUT2D eigenvalue weighted by atomic mass is 10.1. The smallest absolute Gasteiger partial charge is 0.0969 e. The van der Waals surface area contributed by atoms with Gasteiger partial charge in [-0.2, -0.15) is 0 Å². The SMILES string of the molecule is NC(CO)c1cccc2nc(C3CC3)sc12. The van der Waals surface area contributed by atoms with E-state index >= 15 is 0 Å². The summed E-state index contributed by atoms with van der Waals surface area (Å²) in [4.78, 5) is 4.63. The zero-order chi connectivity index (χ0) is 11.1. The van der Waals surface area contributed by atoms with Gasteiger partial charge in [0, 0.05) is 5.92 Å². The first-order valence-corrected chi connectivity index (χ1v) is 6.37. The minimum Gasteiger partial charge on any atom is -0.394 e. The Morgan fingerprint density at radius 1 is 1.50 bits per heavy atom. The molecule has 3 nitrogen and oxygen atoms in total. The molecule has 0 amide bonds. The van der Waals surface area contributed by atoms with Crippen molar-refractivity contribution in [3.8, 4) is 0 Å². The Hall–Kier alpha value is -0.970. The topological polar surface area (TPSA) is 59.1 Å². The Balaban J connectivity index is 2.13. The molecule has 4 heteroatoms. The van der Waals surface area contributed by atoms with E-state index in [0.717, 1.165) is 15.8 Å². The van der Waals surface area contributed by atoms with Crippen LogP contribution in [0.3, 0.4) is 0 Å². The van der Waals surface area contributed by atoms with Gasteiger partial charge in [-0.15, -0.1) is 11.3 Å². The zero-order valence-corrected chi connectivity index (χ0v) is 9.70. The Morgan fingerprint density at radius 3 is 3.00 bits per heavy atom. The minimum absolute atomic E-state index is 0.0181. The number of nitrogens with two attached hydrogens (primary N) is 1. The second kappa shape index (κ2) is 3.80. The first-order valence-electron chi connectivity index (χ1n) is 5.55. The number of benzene rings is 1. The quantitative estimate of drug-likeness (QED) is 0.855. The van der Waals surface area contributed by atoms with Crippen molar-refractivity contribution in [1.82, 2.24) is 4.98 Å². The van der Waals surface area contributed by atoms with Crippen molar-refractivity contribution >= 4 is 21.6 Å². The molecule has 16 heavy (non-hydrogen) atoms. The average Bonchev–Trinajstić information content (AvgIpc) is 3.07. The third-order valence-corrected chi connectivity index (χ3v) is 4.27. The van der Waals surface area contributed by atoms with Gasteiger partial charge in [0.1, 0.15) is 0 Å². The van der Waals surface area contributed by atoms with Crippen LogP contribution in [0.2, 0.25) is 0 Å². The highest BCUT2D eigenvalue weighted by Gasteiger charge is 2.27. The number of rotatable bonds is 3. The summed E-state index contributed by atoms with van der Waals surface area (Å²) >= 11 is 1.74. The van der Waals surface area contributed by atoms with Crippen molar-refractivity contribution in [2.24, 2.45) is 5.73 Å². The summed E-state index contributed by atoms with van der Waals surface area (Å²) in [6, 6.07) is 5.67. The lowest BCUT2D eigenvalue weighted by Gasteiger charge is -2.08. The van der Waals surface area contributed by atoms with Gasteiger partial charge in [-0.3, -0.25) is 0 Å². The molecule has 1 aliphatic carbocycles. The highest BCUT2D eigenvalue weighted by molar-refractivity contribution is 7.18. The molecule has 3 rings (SSSR count). The van der Waals surface area contributed by atoms with Crippen LogP contribution < -0.4 is 5.73 Å². The average molecular weight is 234 g/mol. The van der Waals surface area contributed by atoms with Gasteiger partial charge in [-0.05, 0) is 24.5 Å². The summed E-state index contributed by atoms with van der Waals surface area (Å²) in [5.41, 5.74) is 7.93. The summed E-state index contributed by atoms with van der Waals surface area (Å²) in [6.45, 7) is -0.0181. The predicted octanol–water partition coefficient (Wildman–Crippen LogP) is 2.17. The van der Waals surface area contributed by atoms with Crippen LogP contribution in [0.25, 0.3) is 10.2 Å². The number of aromatic nitrogens is 1.